The van der Waals surface area contributed by atoms with Gasteiger partial charge in [0.05, 0.1) is 11.6 Å². The lowest BCUT2D eigenvalue weighted by molar-refractivity contribution is -0.155. The number of aliphatic hydroxyl groups is 1. The third-order valence-electron chi connectivity index (χ3n) is 2.25. The van der Waals surface area contributed by atoms with Gasteiger partial charge in [0.15, 0.2) is 5.60 Å². The van der Waals surface area contributed by atoms with Crippen molar-refractivity contribution in [1.29, 1.82) is 0 Å². The Balaban J connectivity index is 2.97. The number of carboxylic acid groups (broad SMARTS) is 1. The molecule has 0 radical (unpaired) electrons. The zero-order valence-electron chi connectivity index (χ0n) is 9.72. The SMILES string of the molecule is CC(O)(CNS(=O)(=O)c1ccc(Br)cc1Cl)C(=O)O. The third-order valence-corrected chi connectivity index (χ3v) is 4.63. The Hall–Kier alpha value is -0.670. The van der Waals surface area contributed by atoms with Crippen LogP contribution in [-0.4, -0.2) is 36.7 Å². The largest absolute Gasteiger partial charge is 0.479 e. The Bertz CT molecular complexity index is 602. The fourth-order valence-corrected chi connectivity index (χ4v) is 3.25. The summed E-state index contributed by atoms with van der Waals surface area (Å²) in [5.41, 5.74) is -2.20. The highest BCUT2D eigenvalue weighted by Gasteiger charge is 2.32. The van der Waals surface area contributed by atoms with Gasteiger partial charge in [-0.3, -0.25) is 0 Å². The highest BCUT2D eigenvalue weighted by atomic mass is 79.9. The predicted octanol–water partition coefficient (Wildman–Crippen LogP) is 1.22. The number of benzene rings is 1. The summed E-state index contributed by atoms with van der Waals surface area (Å²) in [5.74, 6) is -1.53. The number of carboxylic acids is 1. The standard InChI is InChI=1S/C10H11BrClNO5S/c1-10(16,9(14)15)5-13-19(17,18)8-3-2-6(11)4-7(8)12/h2-4,13,16H,5H2,1H3,(H,14,15). The smallest absolute Gasteiger partial charge is 0.336 e. The van der Waals surface area contributed by atoms with Crippen molar-refractivity contribution in [3.63, 3.8) is 0 Å². The zero-order valence-corrected chi connectivity index (χ0v) is 12.9. The van der Waals surface area contributed by atoms with Gasteiger partial charge in [0.1, 0.15) is 4.90 Å². The molecule has 1 unspecified atom stereocenters. The number of carbonyl (C=O) groups is 1. The minimum atomic E-state index is -4.00. The molecule has 0 saturated carbocycles. The predicted molar refractivity (Wildman–Crippen MR) is 72.6 cm³/mol. The molecule has 0 bridgehead atoms. The minimum absolute atomic E-state index is 0.0168. The number of rotatable bonds is 5. The lowest BCUT2D eigenvalue weighted by Crippen LogP contribution is -2.46. The molecule has 106 valence electrons. The van der Waals surface area contributed by atoms with E-state index >= 15 is 0 Å². The molecule has 1 aromatic rings. The molecule has 0 spiro atoms. The summed E-state index contributed by atoms with van der Waals surface area (Å²) in [7, 11) is -4.00. The second-order valence-corrected chi connectivity index (χ2v) is 7.04. The molecule has 0 aliphatic heterocycles. The second-order valence-electron chi connectivity index (χ2n) is 3.98. The Kier molecular flexibility index (Phi) is 4.97. The van der Waals surface area contributed by atoms with Crippen molar-refractivity contribution in [2.24, 2.45) is 0 Å². The summed E-state index contributed by atoms with van der Waals surface area (Å²) in [4.78, 5) is 10.5. The van der Waals surface area contributed by atoms with E-state index in [0.29, 0.717) is 4.47 Å². The van der Waals surface area contributed by atoms with Crippen LogP contribution in [0.25, 0.3) is 0 Å². The molecule has 0 aliphatic rings. The Morgan fingerprint density at radius 1 is 1.53 bits per heavy atom. The van der Waals surface area contributed by atoms with Crippen molar-refractivity contribution >= 4 is 43.5 Å². The highest BCUT2D eigenvalue weighted by molar-refractivity contribution is 9.10. The molecule has 1 rings (SSSR count). The van der Waals surface area contributed by atoms with E-state index in [1.807, 2.05) is 4.72 Å². The van der Waals surface area contributed by atoms with E-state index in [0.717, 1.165) is 6.92 Å². The van der Waals surface area contributed by atoms with E-state index in [9.17, 15) is 18.3 Å². The number of nitrogens with one attached hydrogen (secondary N) is 1. The summed E-state index contributed by atoms with van der Waals surface area (Å²) in [6.45, 7) is 0.318. The van der Waals surface area contributed by atoms with E-state index in [4.69, 9.17) is 16.7 Å². The second kappa shape index (κ2) is 5.76. The molecule has 1 aromatic carbocycles. The Morgan fingerprint density at radius 2 is 2.11 bits per heavy atom. The fourth-order valence-electron chi connectivity index (χ4n) is 1.08. The van der Waals surface area contributed by atoms with Gasteiger partial charge in [0, 0.05) is 4.47 Å². The van der Waals surface area contributed by atoms with Crippen LogP contribution in [-0.2, 0) is 14.8 Å². The molecular formula is C10H11BrClNO5S. The zero-order chi connectivity index (χ0) is 14.8. The third kappa shape index (κ3) is 4.15. The molecule has 0 heterocycles. The molecule has 0 aromatic heterocycles. The first kappa shape index (κ1) is 16.4. The first-order chi connectivity index (χ1) is 8.56. The molecule has 6 nitrogen and oxygen atoms in total. The molecule has 19 heavy (non-hydrogen) atoms. The molecule has 0 aliphatic carbocycles. The first-order valence-electron chi connectivity index (χ1n) is 4.97. The normalized spacial score (nSPS) is 14.9. The van der Waals surface area contributed by atoms with Gasteiger partial charge in [0.25, 0.3) is 0 Å². The maximum absolute atomic E-state index is 11.9. The van der Waals surface area contributed by atoms with Crippen molar-refractivity contribution in [2.45, 2.75) is 17.4 Å². The lowest BCUT2D eigenvalue weighted by atomic mass is 10.1. The van der Waals surface area contributed by atoms with Crippen LogP contribution >= 0.6 is 27.5 Å². The van der Waals surface area contributed by atoms with Crippen LogP contribution < -0.4 is 4.72 Å². The van der Waals surface area contributed by atoms with Crippen LogP contribution in [0.2, 0.25) is 5.02 Å². The molecule has 0 saturated heterocycles. The van der Waals surface area contributed by atoms with Crippen molar-refractivity contribution in [3.05, 3.63) is 27.7 Å². The summed E-state index contributed by atoms with van der Waals surface area (Å²) >= 11 is 8.93. The van der Waals surface area contributed by atoms with Crippen LogP contribution in [0, 0.1) is 0 Å². The molecule has 9 heteroatoms. The van der Waals surface area contributed by atoms with E-state index in [-0.39, 0.29) is 9.92 Å². The van der Waals surface area contributed by atoms with Gasteiger partial charge >= 0.3 is 5.97 Å². The number of halogens is 2. The van der Waals surface area contributed by atoms with Gasteiger partial charge in [-0.15, -0.1) is 0 Å². The van der Waals surface area contributed by atoms with Crippen molar-refractivity contribution < 1.29 is 23.4 Å². The topological polar surface area (TPSA) is 104 Å². The van der Waals surface area contributed by atoms with Crippen molar-refractivity contribution in [1.82, 2.24) is 4.72 Å². The van der Waals surface area contributed by atoms with Gasteiger partial charge in [-0.2, -0.15) is 0 Å². The number of hydrogen-bond acceptors (Lipinski definition) is 4. The summed E-state index contributed by atoms with van der Waals surface area (Å²) in [5, 5.41) is 18.1. The van der Waals surface area contributed by atoms with Crippen molar-refractivity contribution in [3.8, 4) is 0 Å². The first-order valence-corrected chi connectivity index (χ1v) is 7.62. The molecule has 0 amide bonds. The van der Waals surface area contributed by atoms with Crippen LogP contribution in [0.3, 0.4) is 0 Å². The Morgan fingerprint density at radius 3 is 2.58 bits per heavy atom. The maximum atomic E-state index is 11.9. The minimum Gasteiger partial charge on any atom is -0.479 e. The van der Waals surface area contributed by atoms with E-state index < -0.39 is 28.1 Å². The van der Waals surface area contributed by atoms with E-state index in [1.54, 1.807) is 0 Å². The average Bonchev–Trinajstić information content (AvgIpc) is 2.26. The molecule has 1 atom stereocenters. The van der Waals surface area contributed by atoms with Gasteiger partial charge in [0.2, 0.25) is 10.0 Å². The highest BCUT2D eigenvalue weighted by Crippen LogP contribution is 2.25. The summed E-state index contributed by atoms with van der Waals surface area (Å²) in [6, 6.07) is 4.14. The number of aliphatic carboxylic acids is 1. The van der Waals surface area contributed by atoms with Crippen LogP contribution in [0.15, 0.2) is 27.6 Å². The van der Waals surface area contributed by atoms with Gasteiger partial charge in [-0.1, -0.05) is 27.5 Å². The van der Waals surface area contributed by atoms with E-state index in [1.165, 1.54) is 18.2 Å². The summed E-state index contributed by atoms with van der Waals surface area (Å²) < 4.78 is 26.4. The van der Waals surface area contributed by atoms with Crippen LogP contribution in [0.4, 0.5) is 0 Å². The lowest BCUT2D eigenvalue weighted by Gasteiger charge is -2.18. The van der Waals surface area contributed by atoms with E-state index in [2.05, 4.69) is 15.9 Å². The Labute approximate surface area is 123 Å². The van der Waals surface area contributed by atoms with Gasteiger partial charge < -0.3 is 10.2 Å². The fraction of sp³-hybridized carbons (Fsp3) is 0.300. The van der Waals surface area contributed by atoms with Crippen LogP contribution in [0.1, 0.15) is 6.92 Å². The molecule has 0 fully saturated rings. The van der Waals surface area contributed by atoms with Crippen LogP contribution in [0.5, 0.6) is 0 Å². The maximum Gasteiger partial charge on any atom is 0.336 e. The quantitative estimate of drug-likeness (QED) is 0.721. The number of hydrogen-bond donors (Lipinski definition) is 3. The molecule has 3 N–H and O–H groups in total. The number of sulfonamides is 1. The molecular weight excluding hydrogens is 362 g/mol. The average molecular weight is 373 g/mol. The monoisotopic (exact) mass is 371 g/mol. The van der Waals surface area contributed by atoms with Crippen molar-refractivity contribution in [2.75, 3.05) is 6.54 Å². The van der Waals surface area contributed by atoms with Gasteiger partial charge in [-0.05, 0) is 25.1 Å². The van der Waals surface area contributed by atoms with Gasteiger partial charge in [-0.25, -0.2) is 17.9 Å². The summed E-state index contributed by atoms with van der Waals surface area (Å²) in [6.07, 6.45) is 0.